The number of benzene rings is 1. The number of ether oxygens (including phenoxy) is 1. The molecule has 0 aliphatic heterocycles. The van der Waals surface area contributed by atoms with Gasteiger partial charge < -0.3 is 9.72 Å². The lowest BCUT2D eigenvalue weighted by atomic mass is 10.2. The van der Waals surface area contributed by atoms with Crippen LogP contribution < -0.4 is 5.59 Å². The van der Waals surface area contributed by atoms with Gasteiger partial charge in [-0.05, 0) is 24.6 Å². The molecule has 0 spiro atoms. The number of para-hydroxylation sites is 1. The van der Waals surface area contributed by atoms with Gasteiger partial charge in [0.25, 0.3) is 0 Å². The minimum absolute atomic E-state index is 0.270. The zero-order chi connectivity index (χ0) is 13.7. The predicted molar refractivity (Wildman–Crippen MR) is 67.3 cm³/mol. The Kier molecular flexibility index (Phi) is 4.09. The van der Waals surface area contributed by atoms with Gasteiger partial charge in [-0.15, -0.1) is 0 Å². The number of carbonyl (C=O) groups is 1. The van der Waals surface area contributed by atoms with Crippen LogP contribution in [0.5, 0.6) is 0 Å². The van der Waals surface area contributed by atoms with E-state index in [0.717, 1.165) is 10.9 Å². The molecule has 100 valence electrons. The number of hydrogen-bond acceptors (Lipinski definition) is 4. The highest BCUT2D eigenvalue weighted by Crippen LogP contribution is 2.23. The number of hydrogen-bond donors (Lipinski definition) is 2. The Morgan fingerprint density at radius 1 is 1.42 bits per heavy atom. The number of rotatable bonds is 6. The molecule has 0 saturated carbocycles. The first-order valence-corrected chi connectivity index (χ1v) is 5.78. The van der Waals surface area contributed by atoms with Crippen molar-refractivity contribution in [1.29, 1.82) is 0 Å². The molecule has 0 unspecified atom stereocenters. The number of nitroso groups, excluding NO2 is 1. The van der Waals surface area contributed by atoms with E-state index in [1.165, 1.54) is 0 Å². The molecule has 2 aromatic rings. The van der Waals surface area contributed by atoms with Crippen LogP contribution >= 0.6 is 0 Å². The number of fused-ring (bicyclic) bond motifs is 1. The number of nitrogens with one attached hydrogen (secondary N) is 2. The molecule has 0 aliphatic rings. The Morgan fingerprint density at radius 2 is 2.21 bits per heavy atom. The lowest BCUT2D eigenvalue weighted by Gasteiger charge is -1.99. The molecule has 0 fully saturated rings. The number of carbonyl (C=O) groups excluding carboxylic acids is 1. The van der Waals surface area contributed by atoms with Crippen molar-refractivity contribution in [2.75, 3.05) is 13.2 Å². The van der Waals surface area contributed by atoms with Crippen molar-refractivity contribution in [2.45, 2.75) is 6.92 Å². The number of aromatic amines is 1. The normalized spacial score (nSPS) is 10.4. The van der Waals surface area contributed by atoms with E-state index in [1.807, 2.05) is 18.2 Å². The minimum atomic E-state index is -0.540. The number of hydrazine groups is 1. The van der Waals surface area contributed by atoms with Crippen molar-refractivity contribution >= 4 is 22.6 Å². The van der Waals surface area contributed by atoms with Gasteiger partial charge in [0.2, 0.25) is 0 Å². The van der Waals surface area contributed by atoms with Gasteiger partial charge in [-0.25, -0.2) is 9.63 Å². The summed E-state index contributed by atoms with van der Waals surface area (Å²) in [7, 11) is 0. The summed E-state index contributed by atoms with van der Waals surface area (Å²) in [5.41, 5.74) is 3.34. The summed E-state index contributed by atoms with van der Waals surface area (Å²) in [5.74, 6) is -0.540. The Balaban J connectivity index is 1.95. The highest BCUT2D eigenvalue weighted by atomic mass is 16.7. The molecule has 0 radical (unpaired) electrons. The van der Waals surface area contributed by atoms with E-state index < -0.39 is 5.97 Å². The molecule has 2 N–H and O–H groups in total. The molecule has 0 aliphatic carbocycles. The van der Waals surface area contributed by atoms with Crippen molar-refractivity contribution in [2.24, 2.45) is 0 Å². The zero-order valence-electron chi connectivity index (χ0n) is 10.4. The fourth-order valence-electron chi connectivity index (χ4n) is 1.63. The van der Waals surface area contributed by atoms with E-state index in [0.29, 0.717) is 10.6 Å². The number of nitrogens with zero attached hydrogens (tertiary/aromatic N) is 1. The molecule has 19 heavy (non-hydrogen) atoms. The third kappa shape index (κ3) is 3.08. The van der Waals surface area contributed by atoms with Crippen LogP contribution in [-0.2, 0) is 14.4 Å². The SMILES string of the molecule is CCOC(=O)CON[N+](=O)c1c[nH]c2ccccc12. The molecule has 1 aromatic heterocycles. The van der Waals surface area contributed by atoms with Crippen LogP contribution in [0.15, 0.2) is 30.5 Å². The monoisotopic (exact) mass is 264 g/mol. The lowest BCUT2D eigenvalue weighted by molar-refractivity contribution is -0.590. The van der Waals surface area contributed by atoms with Crippen LogP contribution in [-0.4, -0.2) is 29.0 Å². The summed E-state index contributed by atoms with van der Waals surface area (Å²) in [6.07, 6.45) is 1.55. The maximum Gasteiger partial charge on any atom is 0.335 e. The Labute approximate surface area is 109 Å². The molecule has 2 rings (SSSR count). The first-order chi connectivity index (χ1) is 9.22. The van der Waals surface area contributed by atoms with Crippen molar-refractivity contribution in [3.05, 3.63) is 35.4 Å². The smallest absolute Gasteiger partial charge is 0.335 e. The fourth-order valence-corrected chi connectivity index (χ4v) is 1.63. The maximum atomic E-state index is 11.8. The highest BCUT2D eigenvalue weighted by Gasteiger charge is 2.20. The topological polar surface area (TPSA) is 83.4 Å². The molecule has 7 nitrogen and oxygen atoms in total. The van der Waals surface area contributed by atoms with Crippen LogP contribution in [0.25, 0.3) is 10.9 Å². The molecule has 0 atom stereocenters. The first kappa shape index (κ1) is 13.0. The molecule has 7 heteroatoms. The average Bonchev–Trinajstić information content (AvgIpc) is 2.82. The molecular weight excluding hydrogens is 250 g/mol. The van der Waals surface area contributed by atoms with Crippen molar-refractivity contribution in [1.82, 2.24) is 10.6 Å². The molecule has 1 heterocycles. The van der Waals surface area contributed by atoms with Crippen molar-refractivity contribution in [3.63, 3.8) is 0 Å². The van der Waals surface area contributed by atoms with Crippen molar-refractivity contribution < 1.29 is 19.2 Å². The molecule has 0 amide bonds. The van der Waals surface area contributed by atoms with Gasteiger partial charge in [-0.2, -0.15) is 0 Å². The van der Waals surface area contributed by atoms with E-state index in [9.17, 15) is 9.70 Å². The lowest BCUT2D eigenvalue weighted by Crippen LogP contribution is -2.26. The minimum Gasteiger partial charge on any atom is -0.464 e. The van der Waals surface area contributed by atoms with Crippen molar-refractivity contribution in [3.8, 4) is 0 Å². The number of H-pyrrole nitrogens is 1. The maximum absolute atomic E-state index is 11.8. The van der Waals surface area contributed by atoms with Gasteiger partial charge >= 0.3 is 11.7 Å². The average molecular weight is 264 g/mol. The summed E-state index contributed by atoms with van der Waals surface area (Å²) in [6.45, 7) is 1.62. The van der Waals surface area contributed by atoms with Crippen LogP contribution in [0.4, 0.5) is 5.69 Å². The standard InChI is InChI=1S/C12H14N3O4/c1-2-18-12(16)8-19-14-15(17)11-7-13-10-6-4-3-5-9(10)11/h3-7,13H,2,8H2,1H3,(H,14,17)/q+1. The third-order valence-electron chi connectivity index (χ3n) is 2.43. The second kappa shape index (κ2) is 5.96. The van der Waals surface area contributed by atoms with E-state index in [4.69, 9.17) is 4.84 Å². The summed E-state index contributed by atoms with van der Waals surface area (Å²) >= 11 is 0. The van der Waals surface area contributed by atoms with E-state index >= 15 is 0 Å². The summed E-state index contributed by atoms with van der Waals surface area (Å²) in [4.78, 5) is 30.9. The molecular formula is C12H14N3O4+. The van der Waals surface area contributed by atoms with E-state index in [2.05, 4.69) is 15.3 Å². The number of aromatic nitrogens is 1. The predicted octanol–water partition coefficient (Wildman–Crippen LogP) is 1.58. The van der Waals surface area contributed by atoms with Gasteiger partial charge in [0.15, 0.2) is 11.5 Å². The van der Waals surface area contributed by atoms with Gasteiger partial charge in [0.05, 0.1) is 28.6 Å². The van der Waals surface area contributed by atoms with Crippen LogP contribution in [0.3, 0.4) is 0 Å². The quantitative estimate of drug-likeness (QED) is 0.470. The van der Waals surface area contributed by atoms with Gasteiger partial charge in [0.1, 0.15) is 0 Å². The number of esters is 1. The zero-order valence-corrected chi connectivity index (χ0v) is 10.4. The second-order valence-electron chi connectivity index (χ2n) is 3.70. The Bertz CT molecular complexity index is 593. The van der Waals surface area contributed by atoms with Crippen LogP contribution in [0.2, 0.25) is 0 Å². The summed E-state index contributed by atoms with van der Waals surface area (Å²) in [5, 5.41) is 0.754. The first-order valence-electron chi connectivity index (χ1n) is 5.78. The highest BCUT2D eigenvalue weighted by molar-refractivity contribution is 5.88. The van der Waals surface area contributed by atoms with Gasteiger partial charge in [-0.1, -0.05) is 12.1 Å². The second-order valence-corrected chi connectivity index (χ2v) is 3.70. The van der Waals surface area contributed by atoms with E-state index in [1.54, 1.807) is 19.2 Å². The molecule has 0 saturated heterocycles. The van der Waals surface area contributed by atoms with E-state index in [-0.39, 0.29) is 13.2 Å². The molecule has 1 aromatic carbocycles. The Morgan fingerprint density at radius 3 is 3.00 bits per heavy atom. The van der Waals surface area contributed by atoms with Crippen LogP contribution in [0, 0.1) is 4.91 Å². The van der Waals surface area contributed by atoms with Gasteiger partial charge in [-0.3, -0.25) is 0 Å². The summed E-state index contributed by atoms with van der Waals surface area (Å²) in [6, 6.07) is 7.35. The van der Waals surface area contributed by atoms with Crippen LogP contribution in [0.1, 0.15) is 6.92 Å². The Hall–Kier alpha value is -2.41. The largest absolute Gasteiger partial charge is 0.464 e. The fraction of sp³-hybridized carbons (Fsp3) is 0.250. The summed E-state index contributed by atoms with van der Waals surface area (Å²) < 4.78 is 4.65. The van der Waals surface area contributed by atoms with Gasteiger partial charge in [0, 0.05) is 0 Å². The molecule has 0 bridgehead atoms. The third-order valence-corrected chi connectivity index (χ3v) is 2.43.